The van der Waals surface area contributed by atoms with Gasteiger partial charge in [0.05, 0.1) is 31.1 Å². The number of rotatable bonds is 29. The molecule has 4 aliphatic rings. The zero-order chi connectivity index (χ0) is 54.9. The lowest BCUT2D eigenvalue weighted by Gasteiger charge is -2.21. The van der Waals surface area contributed by atoms with E-state index in [-0.39, 0.29) is 40.7 Å². The van der Waals surface area contributed by atoms with Crippen LogP contribution in [0, 0.1) is 0 Å². The summed E-state index contributed by atoms with van der Waals surface area (Å²) in [5, 5.41) is 53.7. The number of ether oxygens (including phenoxy) is 2. The van der Waals surface area contributed by atoms with Gasteiger partial charge in [-0.05, 0) is 31.7 Å². The average molecular weight is 1190 g/mol. The molecular formula is C36H56N8O25P4S2. The van der Waals surface area contributed by atoms with Crippen molar-refractivity contribution in [1.82, 2.24) is 40.4 Å². The number of amides is 4. The third-order valence-corrected chi connectivity index (χ3v) is 19.8. The molecule has 0 radical (unpaired) electrons. The van der Waals surface area contributed by atoms with Crippen molar-refractivity contribution in [3.05, 3.63) is 55.8 Å². The van der Waals surface area contributed by atoms with Crippen LogP contribution in [-0.4, -0.2) is 169 Å². The molecule has 4 aliphatic heterocycles. The first kappa shape index (κ1) is 61.0. The lowest BCUT2D eigenvalue weighted by atomic mass is 10.0. The SMILES string of the molecule is O=C(CCCCC1SC[C@@H]2NC(=O)N[C@H]12)NCCCCCCNC(=O)CSc1ccn([C@@H]2O[C@H](COP(=O)(O)OP(=O)(O)OP(=O)(O)OP(=O)(O)OC[C@H]3O[C@@H](n4ccc(=O)[nH]c4=O)C(O)C3O)C(O)[C@@H]2O)c(=O)n1. The van der Waals surface area contributed by atoms with E-state index in [0.717, 1.165) is 79.1 Å². The number of phosphoric ester groups is 2. The molecule has 13 N–H and O–H groups in total. The number of hydrogen-bond donors (Lipinski definition) is 13. The van der Waals surface area contributed by atoms with Crippen LogP contribution in [0.15, 0.2) is 43.9 Å². The summed E-state index contributed by atoms with van der Waals surface area (Å²) in [7, 11) is -24.3. The van der Waals surface area contributed by atoms with Crippen molar-refractivity contribution in [2.24, 2.45) is 0 Å². The van der Waals surface area contributed by atoms with Crippen molar-refractivity contribution in [2.75, 3.05) is 37.8 Å². The van der Waals surface area contributed by atoms with E-state index in [4.69, 9.17) is 9.47 Å². The standard InChI is InChI=1S/C36H56N8O25P4S2/c45-23(8-4-3-7-22-27-19(17-74-22)39-34(52)42-27)37-11-5-1-2-6-12-38-25(47)18-75-26-10-14-44(36(54)41-26)33-31(51)29(49)21(66-33)16-64-71(57,58)68-73(61,62)69-72(59,60)67-70(55,56)63-15-20-28(48)30(50)32(65-20)43-13-9-24(46)40-35(43)53/h9-10,13-14,19-22,27-33,48-51H,1-8,11-12,15-18H2,(H,37,45)(H,38,47)(H,55,56)(H,57,58)(H,59,60)(H,61,62)(H2,39,42,52)(H,40,46,53)/t19-,20+,21+,22?,27-,28?,29?,30?,31-,32+,33+/m0/s1. The topological polar surface area (TPSA) is 484 Å². The molecule has 6 rings (SSSR count). The lowest BCUT2D eigenvalue weighted by molar-refractivity contribution is -0.121. The molecule has 33 nitrogen and oxygen atoms in total. The van der Waals surface area contributed by atoms with Gasteiger partial charge in [-0.1, -0.05) is 31.0 Å². The number of unbranched alkanes of at least 4 members (excludes halogenated alkanes) is 4. The molecule has 4 fully saturated rings. The summed E-state index contributed by atoms with van der Waals surface area (Å²) in [4.78, 5) is 118. The number of nitrogens with one attached hydrogen (secondary N) is 5. The number of aliphatic hydroxyl groups excluding tert-OH is 4. The number of aliphatic hydroxyl groups is 4. The van der Waals surface area contributed by atoms with Gasteiger partial charge in [0.2, 0.25) is 11.8 Å². The number of carbonyl (C=O) groups excluding carboxylic acids is 3. The van der Waals surface area contributed by atoms with E-state index in [0.29, 0.717) is 35.7 Å². The van der Waals surface area contributed by atoms with Crippen molar-refractivity contribution in [2.45, 2.75) is 123 Å². The van der Waals surface area contributed by atoms with Gasteiger partial charge in [0.15, 0.2) is 12.5 Å². The Hall–Kier alpha value is -3.21. The van der Waals surface area contributed by atoms with Crippen molar-refractivity contribution in [3.8, 4) is 0 Å². The molecule has 2 aromatic rings. The second-order valence-electron chi connectivity index (χ2n) is 17.0. The van der Waals surface area contributed by atoms with Crippen LogP contribution in [0.3, 0.4) is 0 Å². The normalized spacial score (nSPS) is 29.5. The highest BCUT2D eigenvalue weighted by Gasteiger charge is 2.50. The molecule has 2 aromatic heterocycles. The third kappa shape index (κ3) is 17.9. The summed E-state index contributed by atoms with van der Waals surface area (Å²) < 4.78 is 82.3. The number of aromatic amines is 1. The number of aromatic nitrogens is 4. The fourth-order valence-electron chi connectivity index (χ4n) is 7.91. The van der Waals surface area contributed by atoms with Crippen molar-refractivity contribution in [1.29, 1.82) is 0 Å². The molecule has 0 spiro atoms. The molecule has 0 saturated carbocycles. The number of fused-ring (bicyclic) bond motifs is 1. The van der Waals surface area contributed by atoms with Gasteiger partial charge >= 0.3 is 48.7 Å². The summed E-state index contributed by atoms with van der Waals surface area (Å²) in [6, 6.07) is 2.37. The van der Waals surface area contributed by atoms with Crippen LogP contribution in [0.25, 0.3) is 0 Å². The van der Waals surface area contributed by atoms with E-state index in [1.807, 2.05) is 16.7 Å². The lowest BCUT2D eigenvalue weighted by Crippen LogP contribution is -2.37. The second-order valence-corrected chi connectivity index (χ2v) is 25.5. The maximum Gasteiger partial charge on any atom is 0.490 e. The Morgan fingerprint density at radius 2 is 1.27 bits per heavy atom. The van der Waals surface area contributed by atoms with E-state index in [1.165, 1.54) is 6.07 Å². The fourth-order valence-corrected chi connectivity index (χ4v) is 15.1. The van der Waals surface area contributed by atoms with Crippen molar-refractivity contribution >= 4 is 72.7 Å². The number of urea groups is 1. The van der Waals surface area contributed by atoms with E-state index >= 15 is 0 Å². The number of carbonyl (C=O) groups is 3. The van der Waals surface area contributed by atoms with Gasteiger partial charge in [0.25, 0.3) is 5.56 Å². The van der Waals surface area contributed by atoms with Gasteiger partial charge in [-0.2, -0.15) is 29.7 Å². The summed E-state index contributed by atoms with van der Waals surface area (Å²) in [5.74, 6) is 0.430. The molecule has 0 aromatic carbocycles. The smallest absolute Gasteiger partial charge is 0.387 e. The molecule has 39 heteroatoms. The van der Waals surface area contributed by atoms with Gasteiger partial charge in [-0.25, -0.2) is 32.6 Å². The van der Waals surface area contributed by atoms with Crippen molar-refractivity contribution in [3.63, 3.8) is 0 Å². The highest BCUT2D eigenvalue weighted by Crippen LogP contribution is 2.71. The van der Waals surface area contributed by atoms with E-state index in [9.17, 15) is 87.0 Å². The zero-order valence-electron chi connectivity index (χ0n) is 39.0. The summed E-state index contributed by atoms with van der Waals surface area (Å²) in [5.41, 5.74) is -2.93. The first-order chi connectivity index (χ1) is 35.2. The number of H-pyrrole nitrogens is 1. The first-order valence-electron chi connectivity index (χ1n) is 22.7. The first-order valence-corrected chi connectivity index (χ1v) is 30.8. The van der Waals surface area contributed by atoms with Crippen molar-refractivity contribution < 1.29 is 104 Å². The molecule has 6 heterocycles. The minimum Gasteiger partial charge on any atom is -0.387 e. The summed E-state index contributed by atoms with van der Waals surface area (Å²) in [6.07, 6.45) is -6.45. The predicted octanol–water partition coefficient (Wildman–Crippen LogP) is -1.87. The summed E-state index contributed by atoms with van der Waals surface area (Å²) in [6.45, 7) is -1.53. The maximum atomic E-state index is 12.9. The van der Waals surface area contributed by atoms with Crippen LogP contribution in [0.1, 0.15) is 63.8 Å². The number of hydrogen-bond acceptors (Lipinski definition) is 24. The van der Waals surface area contributed by atoms with E-state index < -0.39 is 111 Å². The Morgan fingerprint density at radius 3 is 1.84 bits per heavy atom. The van der Waals surface area contributed by atoms with Gasteiger partial charge in [0.1, 0.15) is 41.6 Å². The Bertz CT molecular complexity index is 2720. The Kier molecular flexibility index (Phi) is 21.7. The van der Waals surface area contributed by atoms with Gasteiger partial charge in [-0.3, -0.25) is 37.5 Å². The molecular weight excluding hydrogens is 1130 g/mol. The van der Waals surface area contributed by atoms with Gasteiger partial charge in [0, 0.05) is 49.0 Å². The second kappa shape index (κ2) is 26.6. The van der Waals surface area contributed by atoms with Crippen LogP contribution in [0.2, 0.25) is 0 Å². The third-order valence-electron chi connectivity index (χ3n) is 11.5. The highest BCUT2D eigenvalue weighted by atomic mass is 32.2. The monoisotopic (exact) mass is 1190 g/mol. The molecule has 4 amide bonds. The predicted molar refractivity (Wildman–Crippen MR) is 255 cm³/mol. The van der Waals surface area contributed by atoms with Crippen LogP contribution in [-0.2, 0) is 59.3 Å². The minimum atomic E-state index is -6.30. The van der Waals surface area contributed by atoms with Gasteiger partial charge in [-0.15, -0.1) is 0 Å². The van der Waals surface area contributed by atoms with Crippen LogP contribution in [0.5, 0.6) is 0 Å². The molecule has 0 aliphatic carbocycles. The Balaban J connectivity index is 0.840. The number of phosphoric acid groups is 4. The quantitative estimate of drug-likeness (QED) is 0.0139. The molecule has 75 heavy (non-hydrogen) atoms. The maximum absolute atomic E-state index is 12.9. The van der Waals surface area contributed by atoms with Crippen LogP contribution >= 0.6 is 54.8 Å². The molecule has 422 valence electrons. The Morgan fingerprint density at radius 1 is 0.720 bits per heavy atom. The van der Waals surface area contributed by atoms with E-state index in [1.54, 1.807) is 0 Å². The molecule has 4 saturated heterocycles. The largest absolute Gasteiger partial charge is 0.490 e. The fraction of sp³-hybridized carbons (Fsp3) is 0.694. The molecule has 0 bridgehead atoms. The molecule has 15 atom stereocenters. The zero-order valence-corrected chi connectivity index (χ0v) is 44.2. The average Bonchev–Trinajstić information content (AvgIpc) is 4.03. The Labute approximate surface area is 432 Å². The van der Waals surface area contributed by atoms with Gasteiger partial charge < -0.3 is 70.7 Å². The minimum absolute atomic E-state index is 0.00340. The highest BCUT2D eigenvalue weighted by molar-refractivity contribution is 8.00. The molecule has 8 unspecified atom stereocenters. The number of thioether (sulfide) groups is 2. The summed E-state index contributed by atoms with van der Waals surface area (Å²) >= 11 is 2.76. The van der Waals surface area contributed by atoms with Crippen LogP contribution < -0.4 is 38.2 Å². The van der Waals surface area contributed by atoms with Crippen LogP contribution in [0.4, 0.5) is 4.79 Å². The van der Waals surface area contributed by atoms with E-state index in [2.05, 4.69) is 48.2 Å². The number of nitrogens with zero attached hydrogens (tertiary/aromatic N) is 3.